The smallest absolute Gasteiger partial charge is 0.466 e. The Morgan fingerprint density at radius 2 is 2.29 bits per heavy atom. The van der Waals surface area contributed by atoms with Crippen LogP contribution in [0.25, 0.3) is 0 Å². The summed E-state index contributed by atoms with van der Waals surface area (Å²) in [5, 5.41) is 0. The molecule has 0 fully saturated rings. The molecule has 0 saturated heterocycles. The molecular weight excluding hydrogens is 92.1 g/mol. The molecular formula is C5H11O2+. The summed E-state index contributed by atoms with van der Waals surface area (Å²) in [5.74, 6) is -0.123. The van der Waals surface area contributed by atoms with Crippen LogP contribution >= 0.6 is 0 Å². The lowest BCUT2D eigenvalue weighted by Crippen LogP contribution is -2.00. The van der Waals surface area contributed by atoms with Crippen molar-refractivity contribution in [3.8, 4) is 0 Å². The molecule has 0 saturated carbocycles. The minimum atomic E-state index is -0.123. The minimum absolute atomic E-state index is 0. The number of carbonyl (C=O) groups excluding carboxylic acids is 1. The van der Waals surface area contributed by atoms with Crippen LogP contribution in [-0.4, -0.2) is 12.6 Å². The van der Waals surface area contributed by atoms with Crippen LogP contribution in [0.5, 0.6) is 0 Å². The second-order valence-electron chi connectivity index (χ2n) is 1.16. The van der Waals surface area contributed by atoms with Gasteiger partial charge in [-0.3, -0.25) is 4.79 Å². The van der Waals surface area contributed by atoms with Crippen molar-refractivity contribution in [3.05, 3.63) is 0 Å². The van der Waals surface area contributed by atoms with E-state index in [0.29, 0.717) is 13.0 Å². The first-order chi connectivity index (χ1) is 3.31. The first-order valence-electron chi connectivity index (χ1n) is 2.46. The highest BCUT2D eigenvalue weighted by atomic mass is 16.5. The fourth-order valence-electron chi connectivity index (χ4n) is 0.263. The van der Waals surface area contributed by atoms with Crippen LogP contribution in [0.2, 0.25) is 0 Å². The largest absolute Gasteiger partial charge is 1.00 e. The van der Waals surface area contributed by atoms with Gasteiger partial charge in [-0.2, -0.15) is 0 Å². The summed E-state index contributed by atoms with van der Waals surface area (Å²) >= 11 is 0. The third-order valence-corrected chi connectivity index (χ3v) is 0.594. The van der Waals surface area contributed by atoms with Gasteiger partial charge in [0, 0.05) is 6.42 Å². The van der Waals surface area contributed by atoms with Gasteiger partial charge < -0.3 is 4.74 Å². The number of hydrogen-bond acceptors (Lipinski definition) is 2. The van der Waals surface area contributed by atoms with E-state index in [4.69, 9.17) is 0 Å². The zero-order chi connectivity index (χ0) is 5.70. The van der Waals surface area contributed by atoms with Crippen LogP contribution in [-0.2, 0) is 9.53 Å². The van der Waals surface area contributed by atoms with E-state index in [2.05, 4.69) is 4.74 Å². The van der Waals surface area contributed by atoms with E-state index in [9.17, 15) is 4.79 Å². The molecule has 42 valence electrons. The maximum Gasteiger partial charge on any atom is 1.00 e. The van der Waals surface area contributed by atoms with E-state index in [-0.39, 0.29) is 7.40 Å². The molecule has 0 N–H and O–H groups in total. The quantitative estimate of drug-likeness (QED) is 0.489. The van der Waals surface area contributed by atoms with Crippen molar-refractivity contribution in [1.82, 2.24) is 0 Å². The second kappa shape index (κ2) is 3.65. The number of hydrogen-bond donors (Lipinski definition) is 0. The maximum atomic E-state index is 10.2. The molecule has 0 aromatic carbocycles. The van der Waals surface area contributed by atoms with E-state index in [0.717, 1.165) is 0 Å². The number of ether oxygens (including phenoxy) is 1. The van der Waals surface area contributed by atoms with Crippen molar-refractivity contribution in [2.75, 3.05) is 6.61 Å². The zero-order valence-corrected chi connectivity index (χ0v) is 4.73. The van der Waals surface area contributed by atoms with Crippen molar-refractivity contribution < 1.29 is 11.0 Å². The molecule has 0 aliphatic heterocycles. The molecule has 0 aromatic rings. The Labute approximate surface area is 45.0 Å². The summed E-state index contributed by atoms with van der Waals surface area (Å²) in [4.78, 5) is 10.2. The highest BCUT2D eigenvalue weighted by molar-refractivity contribution is 5.68. The van der Waals surface area contributed by atoms with E-state index in [1.54, 1.807) is 13.8 Å². The Kier molecular flexibility index (Phi) is 3.38. The lowest BCUT2D eigenvalue weighted by Gasteiger charge is -1.93. The molecule has 2 heteroatoms. The van der Waals surface area contributed by atoms with Gasteiger partial charge in [0.05, 0.1) is 6.61 Å². The molecule has 0 rings (SSSR count). The summed E-state index contributed by atoms with van der Waals surface area (Å²) in [6, 6.07) is 0. The Morgan fingerprint density at radius 3 is 2.43 bits per heavy atom. The summed E-state index contributed by atoms with van der Waals surface area (Å²) < 4.78 is 4.55. The van der Waals surface area contributed by atoms with Gasteiger partial charge in [-0.05, 0) is 6.92 Å². The highest BCUT2D eigenvalue weighted by Gasteiger charge is 1.91. The molecule has 0 bridgehead atoms. The SMILES string of the molecule is CCOC(=O)CC.[H+]. The third-order valence-electron chi connectivity index (χ3n) is 0.594. The molecule has 7 heavy (non-hydrogen) atoms. The summed E-state index contributed by atoms with van der Waals surface area (Å²) in [5.41, 5.74) is 0. The number of rotatable bonds is 2. The first kappa shape index (κ1) is 6.47. The van der Waals surface area contributed by atoms with Gasteiger partial charge in [-0.15, -0.1) is 0 Å². The normalized spacial score (nSPS) is 8.29. The standard InChI is InChI=1S/C5H10O2/c1-3-5(6)7-4-2/h3-4H2,1-2H3/p+1. The molecule has 2 nitrogen and oxygen atoms in total. The van der Waals surface area contributed by atoms with Gasteiger partial charge in [-0.1, -0.05) is 6.92 Å². The molecule has 0 aromatic heterocycles. The zero-order valence-electron chi connectivity index (χ0n) is 5.73. The summed E-state index contributed by atoms with van der Waals surface area (Å²) in [6.45, 7) is 4.07. The van der Waals surface area contributed by atoms with Crippen molar-refractivity contribution >= 4 is 5.97 Å². The summed E-state index contributed by atoms with van der Waals surface area (Å²) in [7, 11) is 0. The predicted molar refractivity (Wildman–Crippen MR) is 28.0 cm³/mol. The number of esters is 1. The fraction of sp³-hybridized carbons (Fsp3) is 0.800. The monoisotopic (exact) mass is 103 g/mol. The molecule has 0 aliphatic rings. The topological polar surface area (TPSA) is 26.3 Å². The molecule has 0 amide bonds. The van der Waals surface area contributed by atoms with Crippen LogP contribution in [0, 0.1) is 0 Å². The first-order valence-corrected chi connectivity index (χ1v) is 2.46. The van der Waals surface area contributed by atoms with Gasteiger partial charge in [0.25, 0.3) is 0 Å². The molecule has 0 unspecified atom stereocenters. The average molecular weight is 103 g/mol. The van der Waals surface area contributed by atoms with Crippen LogP contribution in [0.15, 0.2) is 0 Å². The van der Waals surface area contributed by atoms with Gasteiger partial charge in [0.1, 0.15) is 0 Å². The third kappa shape index (κ3) is 3.30. The average Bonchev–Trinajstić information content (AvgIpc) is 1.68. The molecule has 0 heterocycles. The van der Waals surface area contributed by atoms with Crippen molar-refractivity contribution in [2.45, 2.75) is 20.3 Å². The molecule has 0 spiro atoms. The van der Waals surface area contributed by atoms with E-state index < -0.39 is 0 Å². The van der Waals surface area contributed by atoms with Crippen LogP contribution in [0.1, 0.15) is 21.7 Å². The lowest BCUT2D eigenvalue weighted by atomic mass is 10.5. The molecule has 0 radical (unpaired) electrons. The van der Waals surface area contributed by atoms with Gasteiger partial charge in [0.2, 0.25) is 0 Å². The highest BCUT2D eigenvalue weighted by Crippen LogP contribution is 1.80. The number of carbonyl (C=O) groups is 1. The Balaban J connectivity index is 0. The van der Waals surface area contributed by atoms with Crippen molar-refractivity contribution in [1.29, 1.82) is 0 Å². The van der Waals surface area contributed by atoms with E-state index >= 15 is 0 Å². The lowest BCUT2D eigenvalue weighted by molar-refractivity contribution is -0.142. The van der Waals surface area contributed by atoms with Crippen LogP contribution < -0.4 is 0 Å². The van der Waals surface area contributed by atoms with Crippen LogP contribution in [0.4, 0.5) is 0 Å². The maximum absolute atomic E-state index is 10.2. The van der Waals surface area contributed by atoms with E-state index in [1.165, 1.54) is 0 Å². The van der Waals surface area contributed by atoms with Crippen molar-refractivity contribution in [2.24, 2.45) is 0 Å². The molecule has 0 atom stereocenters. The van der Waals surface area contributed by atoms with Crippen molar-refractivity contribution in [3.63, 3.8) is 0 Å². The van der Waals surface area contributed by atoms with Gasteiger partial charge in [0.15, 0.2) is 0 Å². The Bertz CT molecular complexity index is 63.4. The molecule has 0 aliphatic carbocycles. The van der Waals surface area contributed by atoms with E-state index in [1.807, 2.05) is 0 Å². The van der Waals surface area contributed by atoms with Crippen LogP contribution in [0.3, 0.4) is 0 Å². The predicted octanol–water partition coefficient (Wildman–Crippen LogP) is 1.07. The Morgan fingerprint density at radius 1 is 1.71 bits per heavy atom. The second-order valence-corrected chi connectivity index (χ2v) is 1.16. The van der Waals surface area contributed by atoms with Gasteiger partial charge in [-0.25, -0.2) is 0 Å². The fourth-order valence-corrected chi connectivity index (χ4v) is 0.263. The summed E-state index contributed by atoms with van der Waals surface area (Å²) in [6.07, 6.45) is 0.480. The minimum Gasteiger partial charge on any atom is -0.466 e. The Hall–Kier alpha value is -0.530. The van der Waals surface area contributed by atoms with Gasteiger partial charge >= 0.3 is 7.40 Å².